The molecule has 0 aliphatic carbocycles. The fourth-order valence-electron chi connectivity index (χ4n) is 2.10. The molecule has 0 heterocycles. The molecule has 0 aliphatic heterocycles. The van der Waals surface area contributed by atoms with Crippen molar-refractivity contribution in [1.29, 1.82) is 0 Å². The van der Waals surface area contributed by atoms with E-state index < -0.39 is 10.4 Å². The maximum Gasteiger partial charge on any atom is 0.217 e. The number of nitrogens with one attached hydrogen (secondary N) is 1. The Balaban J connectivity index is 0. The van der Waals surface area contributed by atoms with E-state index in [1.54, 1.807) is 0 Å². The standard InChI is InChI=1S/C14H30O4S.C2H7N/c1-2-3-4-5-6-7-8-9-10-11-12-13-14-18-19(15,16)17;1-3-2/h2-14H2,1H3,(H,15,16,17);3H,1-2H3/p-1. The monoisotopic (exact) mass is 338 g/mol. The summed E-state index contributed by atoms with van der Waals surface area (Å²) in [6.07, 6.45) is 14.5. The van der Waals surface area contributed by atoms with E-state index in [1.165, 1.54) is 57.8 Å². The molecule has 0 atom stereocenters. The Hall–Kier alpha value is -0.170. The normalized spacial score (nSPS) is 11.1. The van der Waals surface area contributed by atoms with Gasteiger partial charge in [-0.05, 0) is 20.5 Å². The van der Waals surface area contributed by atoms with Crippen molar-refractivity contribution in [3.05, 3.63) is 0 Å². The van der Waals surface area contributed by atoms with Gasteiger partial charge in [-0.3, -0.25) is 4.18 Å². The summed E-state index contributed by atoms with van der Waals surface area (Å²) >= 11 is 0. The fraction of sp³-hybridized carbons (Fsp3) is 1.00. The van der Waals surface area contributed by atoms with Crippen LogP contribution in [0.25, 0.3) is 0 Å². The first-order valence-electron chi connectivity index (χ1n) is 8.66. The van der Waals surface area contributed by atoms with Crippen LogP contribution in [-0.4, -0.2) is 33.7 Å². The van der Waals surface area contributed by atoms with Gasteiger partial charge in [-0.2, -0.15) is 0 Å². The molecule has 136 valence electrons. The summed E-state index contributed by atoms with van der Waals surface area (Å²) in [4.78, 5) is 0. The summed E-state index contributed by atoms with van der Waals surface area (Å²) in [6, 6.07) is 0. The van der Waals surface area contributed by atoms with Crippen LogP contribution < -0.4 is 5.32 Å². The fourth-order valence-corrected chi connectivity index (χ4v) is 2.43. The summed E-state index contributed by atoms with van der Waals surface area (Å²) in [5.74, 6) is 0. The molecule has 0 amide bonds. The molecule has 0 fully saturated rings. The van der Waals surface area contributed by atoms with Gasteiger partial charge in [0.1, 0.15) is 0 Å². The van der Waals surface area contributed by atoms with Gasteiger partial charge < -0.3 is 9.87 Å². The summed E-state index contributed by atoms with van der Waals surface area (Å²) in [5, 5.41) is 2.75. The molecule has 0 rings (SSSR count). The minimum Gasteiger partial charge on any atom is -0.726 e. The molecule has 0 unspecified atom stereocenters. The highest BCUT2D eigenvalue weighted by atomic mass is 32.3. The summed E-state index contributed by atoms with van der Waals surface area (Å²) in [6.45, 7) is 2.26. The lowest BCUT2D eigenvalue weighted by molar-refractivity contribution is 0.255. The Bertz CT molecular complexity index is 295. The van der Waals surface area contributed by atoms with Gasteiger partial charge >= 0.3 is 0 Å². The second kappa shape index (κ2) is 18.9. The van der Waals surface area contributed by atoms with Crippen LogP contribution in [0, 0.1) is 0 Å². The lowest BCUT2D eigenvalue weighted by Crippen LogP contribution is -2.05. The molecule has 0 spiro atoms. The predicted octanol–water partition coefficient (Wildman–Crippen LogP) is 4.00. The van der Waals surface area contributed by atoms with Crippen LogP contribution in [0.15, 0.2) is 0 Å². The van der Waals surface area contributed by atoms with Crippen LogP contribution in [0.2, 0.25) is 0 Å². The molecule has 0 bridgehead atoms. The van der Waals surface area contributed by atoms with Crippen LogP contribution in [0.4, 0.5) is 0 Å². The second-order valence-corrected chi connectivity index (χ2v) is 6.67. The molecule has 22 heavy (non-hydrogen) atoms. The van der Waals surface area contributed by atoms with E-state index in [-0.39, 0.29) is 6.61 Å². The van der Waals surface area contributed by atoms with Crippen LogP contribution >= 0.6 is 0 Å². The van der Waals surface area contributed by atoms with Crippen molar-refractivity contribution in [2.24, 2.45) is 0 Å². The number of hydrogen-bond donors (Lipinski definition) is 1. The van der Waals surface area contributed by atoms with Crippen LogP contribution in [0.3, 0.4) is 0 Å². The first-order chi connectivity index (χ1) is 10.5. The van der Waals surface area contributed by atoms with Crippen LogP contribution in [-0.2, 0) is 14.6 Å². The van der Waals surface area contributed by atoms with Crippen molar-refractivity contribution in [2.75, 3.05) is 20.7 Å². The lowest BCUT2D eigenvalue weighted by atomic mass is 10.1. The average molecular weight is 339 g/mol. The van der Waals surface area contributed by atoms with Gasteiger partial charge in [0, 0.05) is 0 Å². The van der Waals surface area contributed by atoms with E-state index in [2.05, 4.69) is 16.4 Å². The quantitative estimate of drug-likeness (QED) is 0.294. The van der Waals surface area contributed by atoms with Crippen LogP contribution in [0.1, 0.15) is 84.0 Å². The maximum atomic E-state index is 10.2. The predicted molar refractivity (Wildman–Crippen MR) is 91.7 cm³/mol. The van der Waals surface area contributed by atoms with Gasteiger partial charge in [-0.1, -0.05) is 77.6 Å². The highest BCUT2D eigenvalue weighted by molar-refractivity contribution is 7.80. The van der Waals surface area contributed by atoms with Gasteiger partial charge in [0.05, 0.1) is 6.61 Å². The molecular weight excluding hydrogens is 302 g/mol. The van der Waals surface area contributed by atoms with E-state index in [4.69, 9.17) is 0 Å². The third-order valence-corrected chi connectivity index (χ3v) is 3.68. The van der Waals surface area contributed by atoms with Gasteiger partial charge in [0.15, 0.2) is 0 Å². The Morgan fingerprint density at radius 3 is 1.41 bits per heavy atom. The van der Waals surface area contributed by atoms with Crippen molar-refractivity contribution >= 4 is 10.4 Å². The smallest absolute Gasteiger partial charge is 0.217 e. The summed E-state index contributed by atoms with van der Waals surface area (Å²) in [5.41, 5.74) is 0. The minimum atomic E-state index is -4.49. The van der Waals surface area contributed by atoms with Crippen LogP contribution in [0.5, 0.6) is 0 Å². The van der Waals surface area contributed by atoms with E-state index in [0.717, 1.165) is 12.8 Å². The number of hydrogen-bond acceptors (Lipinski definition) is 5. The molecule has 0 saturated carbocycles. The first-order valence-corrected chi connectivity index (χ1v) is 10.00. The van der Waals surface area contributed by atoms with E-state index >= 15 is 0 Å². The SMILES string of the molecule is CCCCCCCCCCCCCCOS(=O)(=O)[O-].CNC. The third kappa shape index (κ3) is 28.1. The molecule has 1 N–H and O–H groups in total. The topological polar surface area (TPSA) is 78.5 Å². The summed E-state index contributed by atoms with van der Waals surface area (Å²) in [7, 11) is -0.739. The summed E-state index contributed by atoms with van der Waals surface area (Å²) < 4.78 is 34.6. The molecule has 0 aromatic rings. The van der Waals surface area contributed by atoms with Crippen molar-refractivity contribution in [1.82, 2.24) is 5.32 Å². The Morgan fingerprint density at radius 1 is 0.773 bits per heavy atom. The number of unbranched alkanes of at least 4 members (excludes halogenated alkanes) is 11. The Morgan fingerprint density at radius 2 is 1.09 bits per heavy atom. The zero-order valence-electron chi connectivity index (χ0n) is 14.7. The molecule has 0 aromatic heterocycles. The molecule has 6 heteroatoms. The first kappa shape index (κ1) is 24.1. The van der Waals surface area contributed by atoms with Crippen molar-refractivity contribution < 1.29 is 17.2 Å². The molecule has 5 nitrogen and oxygen atoms in total. The molecule has 0 radical (unpaired) electrons. The van der Waals surface area contributed by atoms with Gasteiger partial charge in [-0.15, -0.1) is 0 Å². The van der Waals surface area contributed by atoms with Crippen molar-refractivity contribution in [3.8, 4) is 0 Å². The van der Waals surface area contributed by atoms with Crippen molar-refractivity contribution in [3.63, 3.8) is 0 Å². The zero-order chi connectivity index (χ0) is 17.1. The van der Waals surface area contributed by atoms with E-state index in [1.807, 2.05) is 14.1 Å². The van der Waals surface area contributed by atoms with Crippen molar-refractivity contribution in [2.45, 2.75) is 84.0 Å². The zero-order valence-corrected chi connectivity index (χ0v) is 15.6. The number of rotatable bonds is 14. The average Bonchev–Trinajstić information content (AvgIpc) is 2.43. The molecule has 0 saturated heterocycles. The Labute approximate surface area is 138 Å². The highest BCUT2D eigenvalue weighted by Gasteiger charge is 1.96. The highest BCUT2D eigenvalue weighted by Crippen LogP contribution is 2.11. The van der Waals surface area contributed by atoms with Gasteiger partial charge in [0.2, 0.25) is 10.4 Å². The van der Waals surface area contributed by atoms with Gasteiger partial charge in [0.25, 0.3) is 0 Å². The Kier molecular flexibility index (Phi) is 20.7. The van der Waals surface area contributed by atoms with E-state index in [9.17, 15) is 13.0 Å². The maximum absolute atomic E-state index is 10.2. The molecular formula is C16H36NO4S-. The minimum absolute atomic E-state index is 0.0310. The third-order valence-electron chi connectivity index (χ3n) is 3.23. The van der Waals surface area contributed by atoms with Gasteiger partial charge in [-0.25, -0.2) is 8.42 Å². The van der Waals surface area contributed by atoms with E-state index in [0.29, 0.717) is 6.42 Å². The molecule has 0 aromatic carbocycles. The largest absolute Gasteiger partial charge is 0.726 e. The second-order valence-electron chi connectivity index (χ2n) is 5.62. The molecule has 0 aliphatic rings. The lowest BCUT2D eigenvalue weighted by Gasteiger charge is -2.07.